The van der Waals surface area contributed by atoms with Crippen LogP contribution in [-0.4, -0.2) is 20.4 Å². The molecule has 0 saturated carbocycles. The summed E-state index contributed by atoms with van der Waals surface area (Å²) in [6.45, 7) is 5.10. The molecule has 0 spiro atoms. The van der Waals surface area contributed by atoms with Crippen molar-refractivity contribution in [2.24, 2.45) is 0 Å². The fourth-order valence-electron chi connectivity index (χ4n) is 2.86. The predicted molar refractivity (Wildman–Crippen MR) is 118 cm³/mol. The molecule has 2 aromatic carbocycles. The van der Waals surface area contributed by atoms with E-state index in [9.17, 15) is 18.0 Å². The van der Waals surface area contributed by atoms with Crippen molar-refractivity contribution in [1.82, 2.24) is 4.72 Å². The molecule has 0 bridgehead atoms. The molecule has 0 amide bonds. The quantitative estimate of drug-likeness (QED) is 0.317. The molecule has 0 unspecified atom stereocenters. The SMILES string of the molecule is CC[C@H](NS(=O)(=O)c1ccc(C)cc1)C(=O)Oc1cc2oc(=O)c(Cl)c(C)c2cc1Cl. The third-order valence-electron chi connectivity index (χ3n) is 4.68. The lowest BCUT2D eigenvalue weighted by Gasteiger charge is -2.17. The lowest BCUT2D eigenvalue weighted by atomic mass is 10.1. The zero-order valence-electron chi connectivity index (χ0n) is 16.9. The Morgan fingerprint density at radius 3 is 2.42 bits per heavy atom. The molecule has 7 nitrogen and oxygen atoms in total. The first-order chi connectivity index (χ1) is 14.5. The van der Waals surface area contributed by atoms with Gasteiger partial charge in [0.1, 0.15) is 16.6 Å². The highest BCUT2D eigenvalue weighted by atomic mass is 35.5. The number of rotatable bonds is 6. The first kappa shape index (κ1) is 23.3. The van der Waals surface area contributed by atoms with Crippen molar-refractivity contribution in [2.75, 3.05) is 0 Å². The summed E-state index contributed by atoms with van der Waals surface area (Å²) in [5.74, 6) is -0.926. The van der Waals surface area contributed by atoms with Crippen LogP contribution in [0.2, 0.25) is 10.0 Å². The van der Waals surface area contributed by atoms with Gasteiger partial charge in [-0.2, -0.15) is 4.72 Å². The summed E-state index contributed by atoms with van der Waals surface area (Å²) in [5, 5.41) is 0.497. The van der Waals surface area contributed by atoms with E-state index >= 15 is 0 Å². The maximum atomic E-state index is 12.7. The van der Waals surface area contributed by atoms with Gasteiger partial charge in [-0.05, 0) is 44.0 Å². The molecule has 0 saturated heterocycles. The number of nitrogens with one attached hydrogen (secondary N) is 1. The number of hydrogen-bond acceptors (Lipinski definition) is 6. The first-order valence-electron chi connectivity index (χ1n) is 9.26. The highest BCUT2D eigenvalue weighted by Crippen LogP contribution is 2.33. The Bertz CT molecular complexity index is 1320. The third-order valence-corrected chi connectivity index (χ3v) is 6.90. The monoisotopic (exact) mass is 483 g/mol. The van der Waals surface area contributed by atoms with Crippen LogP contribution in [0.3, 0.4) is 0 Å². The minimum atomic E-state index is -3.94. The summed E-state index contributed by atoms with van der Waals surface area (Å²) in [4.78, 5) is 24.5. The number of esters is 1. The summed E-state index contributed by atoms with van der Waals surface area (Å²) < 4.78 is 38.0. The summed E-state index contributed by atoms with van der Waals surface area (Å²) in [7, 11) is -3.94. The lowest BCUT2D eigenvalue weighted by Crippen LogP contribution is -2.42. The van der Waals surface area contributed by atoms with Crippen molar-refractivity contribution in [3.63, 3.8) is 0 Å². The molecule has 0 aliphatic rings. The Hall–Kier alpha value is -2.39. The van der Waals surface area contributed by atoms with Crippen molar-refractivity contribution in [1.29, 1.82) is 0 Å². The average Bonchev–Trinajstić information content (AvgIpc) is 2.72. The zero-order valence-corrected chi connectivity index (χ0v) is 19.2. The van der Waals surface area contributed by atoms with E-state index < -0.39 is 27.7 Å². The normalized spacial score (nSPS) is 12.7. The Morgan fingerprint density at radius 2 is 1.81 bits per heavy atom. The van der Waals surface area contributed by atoms with E-state index in [1.165, 1.54) is 24.3 Å². The molecule has 164 valence electrons. The average molecular weight is 484 g/mol. The largest absolute Gasteiger partial charge is 0.424 e. The summed E-state index contributed by atoms with van der Waals surface area (Å²) in [6, 6.07) is 7.81. The highest BCUT2D eigenvalue weighted by Gasteiger charge is 2.27. The maximum absolute atomic E-state index is 12.7. The Balaban J connectivity index is 1.87. The van der Waals surface area contributed by atoms with E-state index in [-0.39, 0.29) is 32.7 Å². The van der Waals surface area contributed by atoms with Gasteiger partial charge in [0.2, 0.25) is 10.0 Å². The predicted octanol–water partition coefficient (Wildman–Crippen LogP) is 4.38. The van der Waals surface area contributed by atoms with E-state index in [1.54, 1.807) is 26.0 Å². The van der Waals surface area contributed by atoms with Gasteiger partial charge in [0, 0.05) is 11.5 Å². The minimum absolute atomic E-state index is 0.0298. The van der Waals surface area contributed by atoms with Gasteiger partial charge in [0.25, 0.3) is 0 Å². The van der Waals surface area contributed by atoms with Crippen LogP contribution in [0, 0.1) is 13.8 Å². The van der Waals surface area contributed by atoms with Gasteiger partial charge >= 0.3 is 11.6 Å². The number of carbonyl (C=O) groups is 1. The number of benzene rings is 2. The van der Waals surface area contributed by atoms with E-state index in [4.69, 9.17) is 32.4 Å². The van der Waals surface area contributed by atoms with E-state index in [1.807, 2.05) is 6.92 Å². The number of fused-ring (bicyclic) bond motifs is 1. The van der Waals surface area contributed by atoms with Gasteiger partial charge in [-0.25, -0.2) is 18.0 Å². The molecule has 0 aliphatic carbocycles. The third kappa shape index (κ3) is 4.93. The molecule has 0 fully saturated rings. The van der Waals surface area contributed by atoms with Crippen LogP contribution < -0.4 is 15.1 Å². The minimum Gasteiger partial charge on any atom is -0.424 e. The van der Waals surface area contributed by atoms with Crippen LogP contribution in [0.25, 0.3) is 11.0 Å². The molecule has 3 aromatic rings. The van der Waals surface area contributed by atoms with E-state index in [0.717, 1.165) is 5.56 Å². The second-order valence-corrected chi connectivity index (χ2v) is 9.42. The van der Waals surface area contributed by atoms with Gasteiger partial charge in [0.05, 0.1) is 9.92 Å². The zero-order chi connectivity index (χ0) is 22.9. The lowest BCUT2D eigenvalue weighted by molar-refractivity contribution is -0.136. The van der Waals surface area contributed by atoms with Crippen molar-refractivity contribution in [3.05, 3.63) is 68.0 Å². The van der Waals surface area contributed by atoms with Gasteiger partial charge in [-0.15, -0.1) is 0 Å². The molecule has 1 atom stereocenters. The van der Waals surface area contributed by atoms with Crippen LogP contribution in [0.1, 0.15) is 24.5 Å². The highest BCUT2D eigenvalue weighted by molar-refractivity contribution is 7.89. The first-order valence-corrected chi connectivity index (χ1v) is 11.5. The number of sulfonamides is 1. The van der Waals surface area contributed by atoms with Crippen LogP contribution in [-0.2, 0) is 14.8 Å². The molecule has 1 heterocycles. The molecule has 1 aromatic heterocycles. The molecule has 0 aliphatic heterocycles. The number of aryl methyl sites for hydroxylation is 2. The van der Waals surface area contributed by atoms with E-state index in [0.29, 0.717) is 10.9 Å². The number of carbonyl (C=O) groups excluding carboxylic acids is 1. The molecular weight excluding hydrogens is 465 g/mol. The second-order valence-electron chi connectivity index (χ2n) is 6.92. The van der Waals surface area contributed by atoms with Gasteiger partial charge in [-0.3, -0.25) is 0 Å². The molecule has 0 radical (unpaired) electrons. The van der Waals surface area contributed by atoms with E-state index in [2.05, 4.69) is 4.72 Å². The number of hydrogen-bond donors (Lipinski definition) is 1. The fourth-order valence-corrected chi connectivity index (χ4v) is 4.47. The van der Waals surface area contributed by atoms with Crippen LogP contribution in [0.15, 0.2) is 50.5 Å². The Labute approximate surface area is 189 Å². The molecule has 3 rings (SSSR count). The molecule has 31 heavy (non-hydrogen) atoms. The summed E-state index contributed by atoms with van der Waals surface area (Å²) in [5.41, 5.74) is 0.778. The van der Waals surface area contributed by atoms with Crippen molar-refractivity contribution < 1.29 is 22.4 Å². The van der Waals surface area contributed by atoms with Crippen molar-refractivity contribution in [2.45, 2.75) is 38.1 Å². The van der Waals surface area contributed by atoms with Gasteiger partial charge < -0.3 is 9.15 Å². The molecule has 1 N–H and O–H groups in total. The maximum Gasteiger partial charge on any atom is 0.355 e. The van der Waals surface area contributed by atoms with Crippen LogP contribution >= 0.6 is 23.2 Å². The number of ether oxygens (including phenoxy) is 1. The Kier molecular flexibility index (Phi) is 6.76. The van der Waals surface area contributed by atoms with Crippen LogP contribution in [0.4, 0.5) is 0 Å². The van der Waals surface area contributed by atoms with Gasteiger partial charge in [0.15, 0.2) is 5.75 Å². The van der Waals surface area contributed by atoms with Crippen LogP contribution in [0.5, 0.6) is 5.75 Å². The summed E-state index contributed by atoms with van der Waals surface area (Å²) in [6.07, 6.45) is 0.138. The topological polar surface area (TPSA) is 103 Å². The van der Waals surface area contributed by atoms with Crippen molar-refractivity contribution >= 4 is 50.2 Å². The second kappa shape index (κ2) is 9.00. The fraction of sp³-hybridized carbons (Fsp3) is 0.238. The molecular formula is C21H19Cl2NO6S. The van der Waals surface area contributed by atoms with Gasteiger partial charge in [-0.1, -0.05) is 47.8 Å². The van der Waals surface area contributed by atoms with Crippen molar-refractivity contribution in [3.8, 4) is 5.75 Å². The number of halogens is 2. The summed E-state index contributed by atoms with van der Waals surface area (Å²) >= 11 is 12.1. The smallest absolute Gasteiger partial charge is 0.355 e. The molecule has 10 heteroatoms. The Morgan fingerprint density at radius 1 is 1.16 bits per heavy atom. The standard InChI is InChI=1S/C21H19Cl2NO6S/c1-4-16(24-31(27,28)13-7-5-11(2)6-8-13)20(25)30-18-10-17-14(9-15(18)22)12(3)19(23)21(26)29-17/h5-10,16,24H,4H2,1-3H3/t16-/m0/s1.